The summed E-state index contributed by atoms with van der Waals surface area (Å²) in [7, 11) is 0. The Morgan fingerprint density at radius 3 is 2.54 bits per heavy atom. The van der Waals surface area contributed by atoms with Gasteiger partial charge in [-0.1, -0.05) is 33.1 Å². The van der Waals surface area contributed by atoms with Gasteiger partial charge in [-0.25, -0.2) is 0 Å². The molecule has 0 aromatic rings. The highest BCUT2D eigenvalue weighted by atomic mass is 14.8. The molecule has 74 valence electrons. The van der Waals surface area contributed by atoms with Crippen molar-refractivity contribution in [3.63, 3.8) is 0 Å². The second kappa shape index (κ2) is 9.25. The van der Waals surface area contributed by atoms with E-state index in [0.29, 0.717) is 0 Å². The lowest BCUT2D eigenvalue weighted by molar-refractivity contribution is 0.663. The fraction of sp³-hybridized carbons (Fsp3) is 0.818. The zero-order valence-corrected chi connectivity index (χ0v) is 8.79. The van der Waals surface area contributed by atoms with Gasteiger partial charge < -0.3 is 0 Å². The lowest BCUT2D eigenvalue weighted by Gasteiger charge is -2.00. The third-order valence-corrected chi connectivity index (χ3v) is 1.95. The van der Waals surface area contributed by atoms with Crippen molar-refractivity contribution in [2.24, 2.45) is 4.99 Å². The monoisotopic (exact) mass is 180 g/mol. The standard InChI is InChI=1S/C11H20N2/c1-3-5-7-9-13-11(10-12)8-6-4-2/h9,11H,3-8H2,1-2H3. The fourth-order valence-electron chi connectivity index (χ4n) is 1.07. The molecule has 1 atom stereocenters. The maximum Gasteiger partial charge on any atom is 0.136 e. The van der Waals surface area contributed by atoms with E-state index < -0.39 is 0 Å². The molecule has 0 saturated heterocycles. The van der Waals surface area contributed by atoms with Gasteiger partial charge in [0.05, 0.1) is 6.07 Å². The van der Waals surface area contributed by atoms with E-state index in [1.807, 2.05) is 6.21 Å². The van der Waals surface area contributed by atoms with E-state index in [2.05, 4.69) is 24.9 Å². The van der Waals surface area contributed by atoms with Crippen LogP contribution >= 0.6 is 0 Å². The Hall–Kier alpha value is -0.840. The molecule has 0 spiro atoms. The van der Waals surface area contributed by atoms with Crippen molar-refractivity contribution in [3.05, 3.63) is 0 Å². The van der Waals surface area contributed by atoms with Crippen LogP contribution in [0.25, 0.3) is 0 Å². The Bertz CT molecular complexity index is 167. The minimum atomic E-state index is -0.100. The first-order valence-corrected chi connectivity index (χ1v) is 5.26. The van der Waals surface area contributed by atoms with Gasteiger partial charge in [-0.15, -0.1) is 0 Å². The Morgan fingerprint density at radius 2 is 2.00 bits per heavy atom. The summed E-state index contributed by atoms with van der Waals surface area (Å²) in [6, 6.07) is 2.12. The van der Waals surface area contributed by atoms with Crippen molar-refractivity contribution >= 4 is 6.21 Å². The van der Waals surface area contributed by atoms with Crippen LogP contribution < -0.4 is 0 Å². The average Bonchev–Trinajstić information content (AvgIpc) is 2.17. The Morgan fingerprint density at radius 1 is 1.31 bits per heavy atom. The van der Waals surface area contributed by atoms with Crippen LogP contribution in [0.5, 0.6) is 0 Å². The smallest absolute Gasteiger partial charge is 0.136 e. The SMILES string of the molecule is CCCCC=NC(C#N)CCCC. The van der Waals surface area contributed by atoms with Crippen LogP contribution in [0.3, 0.4) is 0 Å². The van der Waals surface area contributed by atoms with Crippen LogP contribution in [0, 0.1) is 11.3 Å². The summed E-state index contributed by atoms with van der Waals surface area (Å²) in [5, 5.41) is 8.75. The second-order valence-corrected chi connectivity index (χ2v) is 3.26. The largest absolute Gasteiger partial charge is 0.279 e. The van der Waals surface area contributed by atoms with Gasteiger partial charge in [0.25, 0.3) is 0 Å². The van der Waals surface area contributed by atoms with Gasteiger partial charge in [0.2, 0.25) is 0 Å². The highest BCUT2D eigenvalue weighted by Gasteiger charge is 2.01. The molecule has 2 nitrogen and oxygen atoms in total. The number of hydrogen-bond acceptors (Lipinski definition) is 2. The van der Waals surface area contributed by atoms with Crippen molar-refractivity contribution in [2.75, 3.05) is 0 Å². The van der Waals surface area contributed by atoms with E-state index in [1.54, 1.807) is 0 Å². The van der Waals surface area contributed by atoms with Gasteiger partial charge in [-0.2, -0.15) is 5.26 Å². The molecule has 0 aromatic carbocycles. The van der Waals surface area contributed by atoms with Gasteiger partial charge in [-0.3, -0.25) is 4.99 Å². The number of nitrogens with zero attached hydrogens (tertiary/aromatic N) is 2. The van der Waals surface area contributed by atoms with Gasteiger partial charge in [-0.05, 0) is 19.3 Å². The normalized spacial score (nSPS) is 13.0. The molecule has 1 unspecified atom stereocenters. The highest BCUT2D eigenvalue weighted by Crippen LogP contribution is 2.03. The van der Waals surface area contributed by atoms with Crippen LogP contribution in [-0.4, -0.2) is 12.3 Å². The maximum absolute atomic E-state index is 8.75. The lowest BCUT2D eigenvalue weighted by atomic mass is 10.1. The quantitative estimate of drug-likeness (QED) is 0.437. The highest BCUT2D eigenvalue weighted by molar-refractivity contribution is 5.57. The zero-order chi connectivity index (χ0) is 9.94. The molecular formula is C11H20N2. The number of rotatable bonds is 7. The first kappa shape index (κ1) is 12.2. The molecule has 0 aliphatic rings. The zero-order valence-electron chi connectivity index (χ0n) is 8.79. The van der Waals surface area contributed by atoms with Gasteiger partial charge in [0.1, 0.15) is 6.04 Å². The van der Waals surface area contributed by atoms with E-state index in [9.17, 15) is 0 Å². The summed E-state index contributed by atoms with van der Waals surface area (Å²) in [5.74, 6) is 0. The Kier molecular flexibility index (Phi) is 8.65. The lowest BCUT2D eigenvalue weighted by Crippen LogP contribution is -2.00. The molecular weight excluding hydrogens is 160 g/mol. The summed E-state index contributed by atoms with van der Waals surface area (Å²) in [4.78, 5) is 4.23. The van der Waals surface area contributed by atoms with E-state index in [1.165, 1.54) is 12.8 Å². The van der Waals surface area contributed by atoms with Crippen LogP contribution in [-0.2, 0) is 0 Å². The van der Waals surface area contributed by atoms with Gasteiger partial charge >= 0.3 is 0 Å². The van der Waals surface area contributed by atoms with Crippen LogP contribution in [0.4, 0.5) is 0 Å². The summed E-state index contributed by atoms with van der Waals surface area (Å²) in [6.45, 7) is 4.29. The maximum atomic E-state index is 8.75. The van der Waals surface area contributed by atoms with E-state index in [4.69, 9.17) is 5.26 Å². The number of hydrogen-bond donors (Lipinski definition) is 0. The fourth-order valence-corrected chi connectivity index (χ4v) is 1.07. The van der Waals surface area contributed by atoms with Crippen molar-refractivity contribution in [1.29, 1.82) is 5.26 Å². The summed E-state index contributed by atoms with van der Waals surface area (Å²) in [5.41, 5.74) is 0. The number of aliphatic imine (C=N–C) groups is 1. The first-order chi connectivity index (χ1) is 6.35. The van der Waals surface area contributed by atoms with Crippen molar-refractivity contribution in [3.8, 4) is 6.07 Å². The molecule has 0 aliphatic heterocycles. The summed E-state index contributed by atoms with van der Waals surface area (Å²) >= 11 is 0. The summed E-state index contributed by atoms with van der Waals surface area (Å²) in [6.07, 6.45) is 8.45. The first-order valence-electron chi connectivity index (χ1n) is 5.26. The average molecular weight is 180 g/mol. The molecule has 0 saturated carbocycles. The molecule has 0 aromatic heterocycles. The van der Waals surface area contributed by atoms with E-state index in [-0.39, 0.29) is 6.04 Å². The predicted octanol–water partition coefficient (Wildman–Crippen LogP) is 3.33. The minimum absolute atomic E-state index is 0.100. The van der Waals surface area contributed by atoms with Crippen molar-refractivity contribution in [2.45, 2.75) is 58.4 Å². The van der Waals surface area contributed by atoms with E-state index >= 15 is 0 Å². The molecule has 0 heterocycles. The number of nitriles is 1. The minimum Gasteiger partial charge on any atom is -0.279 e. The topological polar surface area (TPSA) is 36.1 Å². The Balaban J connectivity index is 3.58. The number of unbranched alkanes of at least 4 members (excludes halogenated alkanes) is 3. The molecule has 0 aliphatic carbocycles. The Labute approximate surface area is 81.7 Å². The van der Waals surface area contributed by atoms with Gasteiger partial charge in [0, 0.05) is 6.21 Å². The molecule has 2 heteroatoms. The molecule has 0 amide bonds. The molecule has 0 fully saturated rings. The van der Waals surface area contributed by atoms with Crippen molar-refractivity contribution < 1.29 is 0 Å². The third-order valence-electron chi connectivity index (χ3n) is 1.95. The summed E-state index contributed by atoms with van der Waals surface area (Å²) < 4.78 is 0. The van der Waals surface area contributed by atoms with Crippen LogP contribution in [0.1, 0.15) is 52.4 Å². The van der Waals surface area contributed by atoms with Crippen LogP contribution in [0.15, 0.2) is 4.99 Å². The molecule has 0 radical (unpaired) electrons. The van der Waals surface area contributed by atoms with Crippen molar-refractivity contribution in [1.82, 2.24) is 0 Å². The second-order valence-electron chi connectivity index (χ2n) is 3.26. The van der Waals surface area contributed by atoms with Gasteiger partial charge in [0.15, 0.2) is 0 Å². The molecule has 13 heavy (non-hydrogen) atoms. The molecule has 0 bridgehead atoms. The predicted molar refractivity (Wildman–Crippen MR) is 56.9 cm³/mol. The molecule has 0 N–H and O–H groups in total. The van der Waals surface area contributed by atoms with E-state index in [0.717, 1.165) is 25.7 Å². The molecule has 0 rings (SSSR count). The third kappa shape index (κ3) is 7.52. The van der Waals surface area contributed by atoms with Crippen LogP contribution in [0.2, 0.25) is 0 Å².